The average molecular weight is 875 g/mol. The number of aromatic nitrogens is 2. The van der Waals surface area contributed by atoms with E-state index >= 15 is 0 Å². The molecule has 5 heterocycles. The van der Waals surface area contributed by atoms with Crippen LogP contribution in [0.5, 0.6) is 23.0 Å². The maximum Gasteiger partial charge on any atom is 0.260 e. The number of ether oxygens (including phenoxy) is 2. The highest BCUT2D eigenvalue weighted by atomic mass is 32.1. The van der Waals surface area contributed by atoms with Crippen molar-refractivity contribution in [3.63, 3.8) is 0 Å². The third-order valence-electron chi connectivity index (χ3n) is 14.5. The molecule has 3 aromatic heterocycles. The highest BCUT2D eigenvalue weighted by molar-refractivity contribution is 7.26. The Balaban J connectivity index is 1.18. The average Bonchev–Trinajstić information content (AvgIpc) is 3.94. The van der Waals surface area contributed by atoms with Crippen LogP contribution in [0.15, 0.2) is 146 Å². The van der Waals surface area contributed by atoms with Gasteiger partial charge in [-0.1, -0.05) is 147 Å². The lowest BCUT2D eigenvalue weighted by Crippen LogP contribution is -2.57. The molecule has 0 saturated heterocycles. The minimum atomic E-state index is -0.146. The van der Waals surface area contributed by atoms with Gasteiger partial charge in [0.15, 0.2) is 0 Å². The molecule has 0 unspecified atom stereocenters. The Labute approximate surface area is 390 Å². The third-order valence-corrected chi connectivity index (χ3v) is 15.7. The van der Waals surface area contributed by atoms with E-state index in [1.165, 1.54) is 74.9 Å². The fraction of sp³-hybridized carbons (Fsp3) is 0.200. The van der Waals surface area contributed by atoms with Crippen molar-refractivity contribution in [3.8, 4) is 34.4 Å². The van der Waals surface area contributed by atoms with E-state index in [1.807, 2.05) is 11.3 Å². The van der Waals surface area contributed by atoms with Crippen LogP contribution in [-0.4, -0.2) is 15.8 Å². The Morgan fingerprint density at radius 1 is 0.424 bits per heavy atom. The summed E-state index contributed by atoms with van der Waals surface area (Å²) in [6, 6.07) is 54.4. The molecule has 0 aliphatic carbocycles. The van der Waals surface area contributed by atoms with Gasteiger partial charge in [-0.15, -0.1) is 11.3 Å². The first kappa shape index (κ1) is 39.6. The largest absolute Gasteiger partial charge is 0.458 e. The summed E-state index contributed by atoms with van der Waals surface area (Å²) in [6.45, 7) is 20.6. The molecule has 0 saturated carbocycles. The third kappa shape index (κ3) is 5.64. The topological polar surface area (TPSA) is 28.3 Å². The van der Waals surface area contributed by atoms with Crippen molar-refractivity contribution in [2.45, 2.75) is 78.6 Å². The van der Waals surface area contributed by atoms with Gasteiger partial charge in [-0.25, -0.2) is 0 Å². The van der Waals surface area contributed by atoms with Gasteiger partial charge in [0.25, 0.3) is 6.71 Å². The van der Waals surface area contributed by atoms with Gasteiger partial charge in [0.05, 0.1) is 32.5 Å². The zero-order valence-electron chi connectivity index (χ0n) is 39.1. The summed E-state index contributed by atoms with van der Waals surface area (Å²) in [5.74, 6) is 3.43. The summed E-state index contributed by atoms with van der Waals surface area (Å²) < 4.78 is 22.2. The van der Waals surface area contributed by atoms with Gasteiger partial charge in [0.2, 0.25) is 0 Å². The smallest absolute Gasteiger partial charge is 0.260 e. The van der Waals surface area contributed by atoms with E-state index in [-0.39, 0.29) is 23.0 Å². The van der Waals surface area contributed by atoms with Gasteiger partial charge < -0.3 is 18.6 Å². The summed E-state index contributed by atoms with van der Waals surface area (Å²) in [5.41, 5.74) is 13.9. The second-order valence-electron chi connectivity index (χ2n) is 21.8. The van der Waals surface area contributed by atoms with E-state index in [9.17, 15) is 0 Å². The van der Waals surface area contributed by atoms with E-state index < -0.39 is 0 Å². The highest BCUT2D eigenvalue weighted by Gasteiger charge is 2.43. The molecule has 0 fully saturated rings. The van der Waals surface area contributed by atoms with Crippen LogP contribution in [0.2, 0.25) is 0 Å². The Morgan fingerprint density at radius 2 is 0.939 bits per heavy atom. The minimum Gasteiger partial charge on any atom is -0.458 e. The van der Waals surface area contributed by atoms with Crippen LogP contribution in [0.3, 0.4) is 0 Å². The summed E-state index contributed by atoms with van der Waals surface area (Å²) >= 11 is 1.86. The van der Waals surface area contributed by atoms with Crippen LogP contribution in [-0.2, 0) is 16.2 Å². The zero-order chi connectivity index (χ0) is 45.2. The van der Waals surface area contributed by atoms with Crippen molar-refractivity contribution in [1.29, 1.82) is 0 Å². The molecule has 66 heavy (non-hydrogen) atoms. The van der Waals surface area contributed by atoms with Gasteiger partial charge >= 0.3 is 0 Å². The quantitative estimate of drug-likeness (QED) is 0.162. The second kappa shape index (κ2) is 13.4. The number of fused-ring (bicyclic) bond motifs is 13. The molecule has 4 nitrogen and oxygen atoms in total. The Kier molecular flexibility index (Phi) is 8.05. The van der Waals surface area contributed by atoms with E-state index in [0.29, 0.717) is 0 Å². The first-order valence-corrected chi connectivity index (χ1v) is 24.2. The van der Waals surface area contributed by atoms with Gasteiger partial charge in [-0.3, -0.25) is 0 Å². The summed E-state index contributed by atoms with van der Waals surface area (Å²) in [7, 11) is 0. The Bertz CT molecular complexity index is 3780. The molecule has 2 aliphatic heterocycles. The maximum atomic E-state index is 7.71. The van der Waals surface area contributed by atoms with Gasteiger partial charge in [-0.05, 0) is 92.4 Å². The van der Waals surface area contributed by atoms with E-state index in [4.69, 9.17) is 9.47 Å². The van der Waals surface area contributed by atoms with Crippen molar-refractivity contribution in [3.05, 3.63) is 162 Å². The number of nitrogens with zero attached hydrogens (tertiary/aromatic N) is 2. The maximum absolute atomic E-state index is 7.71. The molecule has 322 valence electrons. The van der Waals surface area contributed by atoms with Crippen molar-refractivity contribution in [2.24, 2.45) is 0 Å². The molecule has 0 bridgehead atoms. The molecule has 0 spiro atoms. The first-order valence-electron chi connectivity index (χ1n) is 23.4. The number of para-hydroxylation sites is 2. The van der Waals surface area contributed by atoms with Crippen molar-refractivity contribution < 1.29 is 9.47 Å². The number of hydrogen-bond donors (Lipinski definition) is 0. The lowest BCUT2D eigenvalue weighted by Gasteiger charge is -2.35. The summed E-state index contributed by atoms with van der Waals surface area (Å²) in [6.07, 6.45) is 0. The zero-order valence-corrected chi connectivity index (χ0v) is 39.9. The number of hydrogen-bond acceptors (Lipinski definition) is 3. The lowest BCUT2D eigenvalue weighted by atomic mass is 9.34. The monoisotopic (exact) mass is 874 g/mol. The van der Waals surface area contributed by atoms with E-state index in [1.54, 1.807) is 0 Å². The fourth-order valence-corrected chi connectivity index (χ4v) is 12.2. The van der Waals surface area contributed by atoms with Crippen LogP contribution in [0, 0.1) is 0 Å². The molecule has 2 aliphatic rings. The molecule has 6 heteroatoms. The molecule has 0 amide bonds. The van der Waals surface area contributed by atoms with Gasteiger partial charge in [0, 0.05) is 54.6 Å². The second-order valence-corrected chi connectivity index (χ2v) is 22.8. The Hall–Kier alpha value is -6.76. The van der Waals surface area contributed by atoms with E-state index in [2.05, 4.69) is 217 Å². The van der Waals surface area contributed by atoms with Crippen LogP contribution >= 0.6 is 11.3 Å². The summed E-state index contributed by atoms with van der Waals surface area (Å²) in [5, 5.41) is 7.45. The van der Waals surface area contributed by atoms with Crippen LogP contribution < -0.4 is 25.9 Å². The Morgan fingerprint density at radius 3 is 1.55 bits per heavy atom. The number of benzene rings is 8. The van der Waals surface area contributed by atoms with Crippen LogP contribution in [0.1, 0.15) is 79.0 Å². The molecule has 0 atom stereocenters. The van der Waals surface area contributed by atoms with E-state index in [0.717, 1.165) is 56.3 Å². The molecule has 0 radical (unpaired) electrons. The number of rotatable bonds is 2. The minimum absolute atomic E-state index is 0.0180. The van der Waals surface area contributed by atoms with Crippen molar-refractivity contribution in [2.75, 3.05) is 0 Å². The predicted molar refractivity (Wildman–Crippen MR) is 282 cm³/mol. The molecule has 11 aromatic rings. The number of thiophene rings is 1. The fourth-order valence-electron chi connectivity index (χ4n) is 11.0. The van der Waals surface area contributed by atoms with Crippen LogP contribution in [0.25, 0.3) is 75.2 Å². The standard InChI is InChI=1S/C60H51BN2O2S/c1-58(2,3)34-22-25-48-41(28-34)42-29-35(59(4,5)6)23-26-49(42)63(48)55-56-45(33-43-40-18-12-15-21-53(40)66-57(43)55)61-44-30-36(60(7,8)9)24-27-50(44)64-51-31-37(32-52(65-56)54(51)61)62-46-19-13-10-16-38(46)39-17-11-14-20-47(39)62/h10-33H,1-9H3. The first-order chi connectivity index (χ1) is 31.6. The lowest BCUT2D eigenvalue weighted by molar-refractivity contribution is 0.463. The molecule has 8 aromatic carbocycles. The summed E-state index contributed by atoms with van der Waals surface area (Å²) in [4.78, 5) is 0. The van der Waals surface area contributed by atoms with Gasteiger partial charge in [-0.2, -0.15) is 0 Å². The van der Waals surface area contributed by atoms with Crippen LogP contribution in [0.4, 0.5) is 0 Å². The molecule has 0 N–H and O–H groups in total. The molecular formula is C60H51BN2O2S. The van der Waals surface area contributed by atoms with Crippen molar-refractivity contribution in [1.82, 2.24) is 9.13 Å². The SMILES string of the molecule is CC(C)(C)c1ccc2c(c1)B1c3cc4c(sc5ccccc54)c(-n4c5ccc(C(C)(C)C)cc5c5cc(C(C)(C)C)ccc54)c3Oc3cc(-n4c5ccccc5c5ccccc54)cc(c31)O2. The highest BCUT2D eigenvalue weighted by Crippen LogP contribution is 2.49. The predicted octanol–water partition coefficient (Wildman–Crippen LogP) is 14.9. The normalized spacial score (nSPS) is 13.7. The van der Waals surface area contributed by atoms with Gasteiger partial charge in [0.1, 0.15) is 28.7 Å². The molecule has 13 rings (SSSR count). The van der Waals surface area contributed by atoms with Crippen molar-refractivity contribution >= 4 is 98.2 Å². The molecular weight excluding hydrogens is 824 g/mol.